The molecule has 0 amide bonds. The number of aliphatic hydroxyl groups is 1. The second-order valence-electron chi connectivity index (χ2n) is 4.59. The highest BCUT2D eigenvalue weighted by atomic mass is 19.1. The van der Waals surface area contributed by atoms with Crippen molar-refractivity contribution in [2.75, 3.05) is 0 Å². The zero-order chi connectivity index (χ0) is 10.8. The normalized spacial score (nSPS) is 19.9. The fourth-order valence-corrected chi connectivity index (χ4v) is 1.98. The standard InChI is InChI=1S/C13H17FO/c1-9(11-4-5-11)13(15)8-10-2-6-12(14)7-3-10/h2-3,6-7,9,11,13,15H,4-5,8H2,1H3. The second-order valence-corrected chi connectivity index (χ2v) is 4.59. The van der Waals surface area contributed by atoms with Crippen molar-refractivity contribution in [3.05, 3.63) is 35.6 Å². The summed E-state index contributed by atoms with van der Waals surface area (Å²) in [6.07, 6.45) is 2.85. The van der Waals surface area contributed by atoms with Crippen molar-refractivity contribution in [1.29, 1.82) is 0 Å². The first-order chi connectivity index (χ1) is 7.16. The molecule has 0 aromatic heterocycles. The third-order valence-corrected chi connectivity index (χ3v) is 3.33. The van der Waals surface area contributed by atoms with Crippen molar-refractivity contribution in [3.63, 3.8) is 0 Å². The Balaban J connectivity index is 1.92. The number of hydrogen-bond donors (Lipinski definition) is 1. The van der Waals surface area contributed by atoms with E-state index in [0.717, 1.165) is 5.56 Å². The van der Waals surface area contributed by atoms with Crippen molar-refractivity contribution in [1.82, 2.24) is 0 Å². The van der Waals surface area contributed by atoms with Crippen molar-refractivity contribution < 1.29 is 9.50 Å². The molecule has 2 atom stereocenters. The lowest BCUT2D eigenvalue weighted by atomic mass is 9.94. The van der Waals surface area contributed by atoms with Crippen molar-refractivity contribution in [3.8, 4) is 0 Å². The highest BCUT2D eigenvalue weighted by Gasteiger charge is 2.32. The summed E-state index contributed by atoms with van der Waals surface area (Å²) in [4.78, 5) is 0. The summed E-state index contributed by atoms with van der Waals surface area (Å²) >= 11 is 0. The summed E-state index contributed by atoms with van der Waals surface area (Å²) in [6, 6.07) is 6.39. The summed E-state index contributed by atoms with van der Waals surface area (Å²) in [7, 11) is 0. The zero-order valence-corrected chi connectivity index (χ0v) is 8.99. The van der Waals surface area contributed by atoms with Crippen molar-refractivity contribution >= 4 is 0 Å². The van der Waals surface area contributed by atoms with Crippen LogP contribution in [0.3, 0.4) is 0 Å². The van der Waals surface area contributed by atoms with Crippen molar-refractivity contribution in [2.45, 2.75) is 32.3 Å². The highest BCUT2D eigenvalue weighted by Crippen LogP contribution is 2.38. The predicted octanol–water partition coefficient (Wildman–Crippen LogP) is 2.78. The first-order valence-corrected chi connectivity index (χ1v) is 5.59. The largest absolute Gasteiger partial charge is 0.392 e. The highest BCUT2D eigenvalue weighted by molar-refractivity contribution is 5.17. The van der Waals surface area contributed by atoms with E-state index in [0.29, 0.717) is 18.3 Å². The van der Waals surface area contributed by atoms with Gasteiger partial charge in [0.1, 0.15) is 5.82 Å². The Morgan fingerprint density at radius 2 is 1.93 bits per heavy atom. The Hall–Kier alpha value is -0.890. The first kappa shape index (κ1) is 10.6. The average Bonchev–Trinajstić information content (AvgIpc) is 3.04. The fraction of sp³-hybridized carbons (Fsp3) is 0.538. The van der Waals surface area contributed by atoms with Gasteiger partial charge in [-0.15, -0.1) is 0 Å². The molecule has 1 nitrogen and oxygen atoms in total. The molecular weight excluding hydrogens is 191 g/mol. The maximum atomic E-state index is 12.7. The molecule has 1 aliphatic carbocycles. The van der Waals surface area contributed by atoms with E-state index in [2.05, 4.69) is 6.92 Å². The van der Waals surface area contributed by atoms with Crippen LogP contribution in [0.15, 0.2) is 24.3 Å². The molecule has 1 saturated carbocycles. The molecule has 1 aromatic rings. The van der Waals surface area contributed by atoms with E-state index in [1.54, 1.807) is 12.1 Å². The summed E-state index contributed by atoms with van der Waals surface area (Å²) < 4.78 is 12.7. The molecule has 0 bridgehead atoms. The van der Waals surface area contributed by atoms with E-state index in [1.807, 2.05) is 0 Å². The van der Waals surface area contributed by atoms with Gasteiger partial charge in [-0.2, -0.15) is 0 Å². The number of benzene rings is 1. The van der Waals surface area contributed by atoms with Crippen LogP contribution in [0.4, 0.5) is 4.39 Å². The molecule has 0 aliphatic heterocycles. The summed E-state index contributed by atoms with van der Waals surface area (Å²) in [5.41, 5.74) is 1.01. The molecule has 1 fully saturated rings. The monoisotopic (exact) mass is 208 g/mol. The minimum absolute atomic E-state index is 0.219. The smallest absolute Gasteiger partial charge is 0.123 e. The van der Waals surface area contributed by atoms with Crippen LogP contribution in [0.5, 0.6) is 0 Å². The van der Waals surface area contributed by atoms with Gasteiger partial charge in [-0.25, -0.2) is 4.39 Å². The van der Waals surface area contributed by atoms with Crippen LogP contribution < -0.4 is 0 Å². The second kappa shape index (κ2) is 4.31. The van der Waals surface area contributed by atoms with Gasteiger partial charge in [0.15, 0.2) is 0 Å². The Kier molecular flexibility index (Phi) is 3.06. The maximum absolute atomic E-state index is 12.7. The summed E-state index contributed by atoms with van der Waals surface area (Å²) in [5, 5.41) is 9.96. The summed E-state index contributed by atoms with van der Waals surface area (Å²) in [5.74, 6) is 0.860. The maximum Gasteiger partial charge on any atom is 0.123 e. The topological polar surface area (TPSA) is 20.2 Å². The Labute approximate surface area is 89.9 Å². The Morgan fingerprint density at radius 1 is 1.33 bits per heavy atom. The third kappa shape index (κ3) is 2.78. The lowest BCUT2D eigenvalue weighted by Gasteiger charge is -2.18. The lowest BCUT2D eigenvalue weighted by Crippen LogP contribution is -2.21. The molecule has 2 unspecified atom stereocenters. The minimum atomic E-state index is -0.289. The van der Waals surface area contributed by atoms with Crippen LogP contribution >= 0.6 is 0 Å². The first-order valence-electron chi connectivity index (χ1n) is 5.59. The molecule has 1 aliphatic rings. The van der Waals surface area contributed by atoms with Gasteiger partial charge >= 0.3 is 0 Å². The van der Waals surface area contributed by atoms with E-state index in [-0.39, 0.29) is 11.9 Å². The number of hydrogen-bond acceptors (Lipinski definition) is 1. The van der Waals surface area contributed by atoms with Gasteiger partial charge in [-0.1, -0.05) is 19.1 Å². The SMILES string of the molecule is CC(C(O)Cc1ccc(F)cc1)C1CC1. The molecule has 1 aromatic carbocycles. The third-order valence-electron chi connectivity index (χ3n) is 3.33. The van der Waals surface area contributed by atoms with Crippen LogP contribution in [0, 0.1) is 17.7 Å². The fourth-order valence-electron chi connectivity index (χ4n) is 1.98. The molecule has 0 spiro atoms. The van der Waals surface area contributed by atoms with Gasteiger partial charge in [0, 0.05) is 0 Å². The van der Waals surface area contributed by atoms with E-state index in [4.69, 9.17) is 0 Å². The molecule has 0 saturated heterocycles. The van der Waals surface area contributed by atoms with E-state index in [9.17, 15) is 9.50 Å². The number of aliphatic hydroxyl groups excluding tert-OH is 1. The van der Waals surface area contributed by atoms with Gasteiger partial charge in [0.05, 0.1) is 6.10 Å². The molecule has 0 radical (unpaired) electrons. The van der Waals surface area contributed by atoms with Crippen LogP contribution in [-0.2, 0) is 6.42 Å². The number of rotatable bonds is 4. The van der Waals surface area contributed by atoms with Gasteiger partial charge < -0.3 is 5.11 Å². The van der Waals surface area contributed by atoms with E-state index in [1.165, 1.54) is 25.0 Å². The Bertz CT molecular complexity index is 316. The molecule has 15 heavy (non-hydrogen) atoms. The summed E-state index contributed by atoms with van der Waals surface area (Å²) in [6.45, 7) is 2.10. The van der Waals surface area contributed by atoms with Gasteiger partial charge in [-0.3, -0.25) is 0 Å². The van der Waals surface area contributed by atoms with Crippen molar-refractivity contribution in [2.24, 2.45) is 11.8 Å². The van der Waals surface area contributed by atoms with E-state index >= 15 is 0 Å². The number of halogens is 1. The van der Waals surface area contributed by atoms with E-state index < -0.39 is 0 Å². The van der Waals surface area contributed by atoms with Gasteiger partial charge in [0.25, 0.3) is 0 Å². The Morgan fingerprint density at radius 3 is 2.47 bits per heavy atom. The molecular formula is C13H17FO. The molecule has 2 rings (SSSR count). The molecule has 2 heteroatoms. The van der Waals surface area contributed by atoms with Crippen LogP contribution in [0.2, 0.25) is 0 Å². The average molecular weight is 208 g/mol. The zero-order valence-electron chi connectivity index (χ0n) is 8.99. The van der Waals surface area contributed by atoms with Gasteiger partial charge in [0.2, 0.25) is 0 Å². The lowest BCUT2D eigenvalue weighted by molar-refractivity contribution is 0.105. The van der Waals surface area contributed by atoms with Gasteiger partial charge in [-0.05, 0) is 48.8 Å². The molecule has 1 N–H and O–H groups in total. The molecule has 82 valence electrons. The van der Waals surface area contributed by atoms with Crippen LogP contribution in [0.25, 0.3) is 0 Å². The molecule has 0 heterocycles. The van der Waals surface area contributed by atoms with Crippen LogP contribution in [0.1, 0.15) is 25.3 Å². The van der Waals surface area contributed by atoms with Crippen LogP contribution in [-0.4, -0.2) is 11.2 Å². The minimum Gasteiger partial charge on any atom is -0.392 e. The quantitative estimate of drug-likeness (QED) is 0.806. The predicted molar refractivity (Wildman–Crippen MR) is 58.0 cm³/mol.